The van der Waals surface area contributed by atoms with E-state index in [0.717, 1.165) is 5.69 Å². The lowest BCUT2D eigenvalue weighted by Gasteiger charge is -2.26. The van der Waals surface area contributed by atoms with Crippen LogP contribution in [-0.4, -0.2) is 62.1 Å². The van der Waals surface area contributed by atoms with Crippen LogP contribution in [0.3, 0.4) is 0 Å². The fourth-order valence-electron chi connectivity index (χ4n) is 3.04. The molecular formula is C19H18ClN3O6S. The van der Waals surface area contributed by atoms with Gasteiger partial charge in [-0.05, 0) is 36.4 Å². The number of hydrogen-bond acceptors (Lipinski definition) is 7. The highest BCUT2D eigenvalue weighted by atomic mass is 35.5. The molecule has 2 aromatic rings. The number of benzene rings is 1. The number of ether oxygens (including phenoxy) is 3. The van der Waals surface area contributed by atoms with Crippen LogP contribution >= 0.6 is 22.9 Å². The van der Waals surface area contributed by atoms with E-state index in [9.17, 15) is 14.4 Å². The average Bonchev–Trinajstić information content (AvgIpc) is 3.38. The van der Waals surface area contributed by atoms with Gasteiger partial charge >= 0.3 is 6.09 Å². The summed E-state index contributed by atoms with van der Waals surface area (Å²) in [5.41, 5.74) is 1.23. The van der Waals surface area contributed by atoms with Gasteiger partial charge in [0, 0.05) is 17.9 Å². The Bertz CT molecular complexity index is 950. The van der Waals surface area contributed by atoms with Gasteiger partial charge in [0.15, 0.2) is 0 Å². The minimum atomic E-state index is -0.866. The van der Waals surface area contributed by atoms with Crippen molar-refractivity contribution in [3.8, 4) is 0 Å². The minimum absolute atomic E-state index is 0.0224. The molecule has 158 valence electrons. The first kappa shape index (κ1) is 20.6. The van der Waals surface area contributed by atoms with E-state index in [2.05, 4.69) is 5.32 Å². The predicted molar refractivity (Wildman–Crippen MR) is 110 cm³/mol. The lowest BCUT2D eigenvalue weighted by Crippen LogP contribution is -2.41. The Balaban J connectivity index is 1.27. The van der Waals surface area contributed by atoms with Gasteiger partial charge in [-0.1, -0.05) is 11.6 Å². The number of nitrogens with zero attached hydrogens (tertiary/aromatic N) is 2. The topological polar surface area (TPSA) is 97.4 Å². The van der Waals surface area contributed by atoms with Gasteiger partial charge in [0.1, 0.15) is 13.3 Å². The molecule has 1 aromatic heterocycles. The van der Waals surface area contributed by atoms with E-state index in [-0.39, 0.29) is 31.7 Å². The molecule has 3 heterocycles. The number of halogens is 1. The van der Waals surface area contributed by atoms with E-state index >= 15 is 0 Å². The lowest BCUT2D eigenvalue weighted by atomic mass is 10.2. The molecule has 0 bridgehead atoms. The van der Waals surface area contributed by atoms with Gasteiger partial charge in [0.2, 0.25) is 6.29 Å². The van der Waals surface area contributed by atoms with Crippen molar-refractivity contribution in [1.82, 2.24) is 4.90 Å². The molecule has 30 heavy (non-hydrogen) atoms. The molecule has 1 unspecified atom stereocenters. The fraction of sp³-hybridized carbons (Fsp3) is 0.316. The smallest absolute Gasteiger partial charge is 0.414 e. The molecule has 1 atom stereocenters. The second kappa shape index (κ2) is 9.00. The van der Waals surface area contributed by atoms with Crippen LogP contribution < -0.4 is 10.2 Å². The lowest BCUT2D eigenvalue weighted by molar-refractivity contribution is -0.125. The second-order valence-corrected chi connectivity index (χ2v) is 8.25. The maximum atomic E-state index is 12.4. The summed E-state index contributed by atoms with van der Waals surface area (Å²) >= 11 is 7.04. The zero-order chi connectivity index (χ0) is 21.1. The Kier molecular flexibility index (Phi) is 6.18. The Hall–Kier alpha value is -2.66. The second-order valence-electron chi connectivity index (χ2n) is 6.53. The summed E-state index contributed by atoms with van der Waals surface area (Å²) in [5, 5.41) is 2.60. The molecule has 0 radical (unpaired) electrons. The van der Waals surface area contributed by atoms with Crippen molar-refractivity contribution in [2.24, 2.45) is 0 Å². The van der Waals surface area contributed by atoms with Gasteiger partial charge in [0.05, 0.1) is 22.4 Å². The highest BCUT2D eigenvalue weighted by Gasteiger charge is 2.31. The van der Waals surface area contributed by atoms with Crippen LogP contribution in [0.2, 0.25) is 4.34 Å². The number of nitrogens with one attached hydrogen (secondary N) is 1. The highest BCUT2D eigenvalue weighted by Crippen LogP contribution is 2.24. The van der Waals surface area contributed by atoms with E-state index in [1.54, 1.807) is 41.3 Å². The third-order valence-corrected chi connectivity index (χ3v) is 5.73. The van der Waals surface area contributed by atoms with Crippen LogP contribution in [0.25, 0.3) is 0 Å². The number of thiophene rings is 1. The molecule has 11 heteroatoms. The van der Waals surface area contributed by atoms with E-state index in [1.807, 2.05) is 0 Å². The summed E-state index contributed by atoms with van der Waals surface area (Å²) in [6.07, 6.45) is -1.57. The van der Waals surface area contributed by atoms with Crippen molar-refractivity contribution in [2.75, 3.05) is 43.3 Å². The van der Waals surface area contributed by atoms with Crippen LogP contribution in [0.1, 0.15) is 9.67 Å². The number of anilines is 2. The Morgan fingerprint density at radius 3 is 2.70 bits per heavy atom. The molecule has 2 saturated heterocycles. The van der Waals surface area contributed by atoms with Crippen LogP contribution in [-0.2, 0) is 19.0 Å². The van der Waals surface area contributed by atoms with Gasteiger partial charge in [-0.3, -0.25) is 14.9 Å². The summed E-state index contributed by atoms with van der Waals surface area (Å²) in [7, 11) is 0. The molecule has 2 aliphatic rings. The molecule has 3 amide bonds. The van der Waals surface area contributed by atoms with Crippen molar-refractivity contribution < 1.29 is 28.6 Å². The van der Waals surface area contributed by atoms with Crippen molar-refractivity contribution in [1.29, 1.82) is 0 Å². The first-order valence-electron chi connectivity index (χ1n) is 9.11. The molecule has 0 spiro atoms. The van der Waals surface area contributed by atoms with Gasteiger partial charge in [-0.15, -0.1) is 11.3 Å². The maximum absolute atomic E-state index is 12.4. The largest absolute Gasteiger partial charge is 0.417 e. The Morgan fingerprint density at radius 1 is 1.20 bits per heavy atom. The normalized spacial score (nSPS) is 19.1. The van der Waals surface area contributed by atoms with Crippen molar-refractivity contribution in [3.63, 3.8) is 0 Å². The third-order valence-electron chi connectivity index (χ3n) is 4.51. The third kappa shape index (κ3) is 4.73. The number of carbonyl (C=O) groups excluding carboxylic acids is 3. The molecule has 0 saturated carbocycles. The highest BCUT2D eigenvalue weighted by molar-refractivity contribution is 7.17. The summed E-state index contributed by atoms with van der Waals surface area (Å²) in [4.78, 5) is 40.0. The molecule has 2 aliphatic heterocycles. The molecule has 1 aromatic carbocycles. The molecule has 2 fully saturated rings. The molecular weight excluding hydrogens is 434 g/mol. The van der Waals surface area contributed by atoms with E-state index in [4.69, 9.17) is 25.8 Å². The zero-order valence-corrected chi connectivity index (χ0v) is 17.3. The van der Waals surface area contributed by atoms with Gasteiger partial charge in [-0.25, -0.2) is 4.79 Å². The first-order chi connectivity index (χ1) is 14.5. The number of hydrogen-bond donors (Lipinski definition) is 1. The van der Waals surface area contributed by atoms with E-state index in [1.165, 1.54) is 16.2 Å². The average molecular weight is 452 g/mol. The van der Waals surface area contributed by atoms with Crippen LogP contribution in [0, 0.1) is 0 Å². The molecule has 1 N–H and O–H groups in total. The molecule has 4 rings (SSSR count). The van der Waals surface area contributed by atoms with Gasteiger partial charge < -0.3 is 24.0 Å². The van der Waals surface area contributed by atoms with Crippen LogP contribution in [0.4, 0.5) is 16.2 Å². The minimum Gasteiger partial charge on any atom is -0.417 e. The van der Waals surface area contributed by atoms with E-state index in [0.29, 0.717) is 28.1 Å². The first-order valence-corrected chi connectivity index (χ1v) is 10.3. The monoisotopic (exact) mass is 451 g/mol. The Morgan fingerprint density at radius 2 is 2.00 bits per heavy atom. The standard InChI is InChI=1S/C19H18ClN3O6S/c20-15-6-5-14(30-15)18(25)22-9-17(28-11-22)29-19(26)21-12-1-3-13(4-2-12)23-7-8-27-10-16(23)24/h1-6,17H,7-11H2,(H,21,26). The number of morpholine rings is 1. The fourth-order valence-corrected chi connectivity index (χ4v) is 4.05. The Labute approximate surface area is 181 Å². The van der Waals surface area contributed by atoms with Gasteiger partial charge in [0.25, 0.3) is 11.8 Å². The number of amides is 3. The summed E-state index contributed by atoms with van der Waals surface area (Å²) in [5.74, 6) is -0.338. The van der Waals surface area contributed by atoms with Crippen LogP contribution in [0.5, 0.6) is 0 Å². The van der Waals surface area contributed by atoms with Crippen molar-refractivity contribution >= 4 is 52.2 Å². The number of carbonyl (C=O) groups is 3. The predicted octanol–water partition coefficient (Wildman–Crippen LogP) is 2.77. The van der Waals surface area contributed by atoms with Gasteiger partial charge in [-0.2, -0.15) is 0 Å². The summed E-state index contributed by atoms with van der Waals surface area (Å²) in [6.45, 7) is 1.18. The zero-order valence-electron chi connectivity index (χ0n) is 15.7. The SMILES string of the molecule is O=C(Nc1ccc(N2CCOCC2=O)cc1)OC1CN(C(=O)c2ccc(Cl)s2)CO1. The maximum Gasteiger partial charge on any atom is 0.414 e. The van der Waals surface area contributed by atoms with Crippen molar-refractivity contribution in [3.05, 3.63) is 45.6 Å². The summed E-state index contributed by atoms with van der Waals surface area (Å²) < 4.78 is 16.2. The van der Waals surface area contributed by atoms with Crippen LogP contribution in [0.15, 0.2) is 36.4 Å². The number of rotatable bonds is 4. The van der Waals surface area contributed by atoms with E-state index < -0.39 is 12.4 Å². The molecule has 0 aliphatic carbocycles. The molecule has 9 nitrogen and oxygen atoms in total. The quantitative estimate of drug-likeness (QED) is 0.767. The summed E-state index contributed by atoms with van der Waals surface area (Å²) in [6, 6.07) is 10.1. The van der Waals surface area contributed by atoms with Crippen molar-refractivity contribution in [2.45, 2.75) is 6.29 Å².